The lowest BCUT2D eigenvalue weighted by molar-refractivity contribution is 0.112. The van der Waals surface area contributed by atoms with Crippen molar-refractivity contribution in [3.8, 4) is 0 Å². The van der Waals surface area contributed by atoms with Crippen molar-refractivity contribution < 1.29 is 0 Å². The maximum absolute atomic E-state index is 4.43. The van der Waals surface area contributed by atoms with Gasteiger partial charge in [-0.3, -0.25) is 9.80 Å². The van der Waals surface area contributed by atoms with Crippen molar-refractivity contribution in [1.29, 1.82) is 0 Å². The predicted molar refractivity (Wildman–Crippen MR) is 104 cm³/mol. The Kier molecular flexibility index (Phi) is 6.52. The van der Waals surface area contributed by atoms with E-state index in [1.54, 1.807) is 0 Å². The van der Waals surface area contributed by atoms with Gasteiger partial charge in [-0.1, -0.05) is 50.3 Å². The summed E-state index contributed by atoms with van der Waals surface area (Å²) in [5, 5.41) is 12.7. The number of nitrogens with zero attached hydrogens (tertiary/aromatic N) is 6. The van der Waals surface area contributed by atoms with Crippen LogP contribution in [0, 0.1) is 5.92 Å². The molecule has 26 heavy (non-hydrogen) atoms. The molecule has 6 nitrogen and oxygen atoms in total. The average Bonchev–Trinajstić information content (AvgIpc) is 3.11. The maximum Gasteiger partial charge on any atom is 0.173 e. The average molecular weight is 355 g/mol. The summed E-state index contributed by atoms with van der Waals surface area (Å²) in [4.78, 5) is 4.94. The molecule has 1 atom stereocenters. The van der Waals surface area contributed by atoms with E-state index < -0.39 is 0 Å². The van der Waals surface area contributed by atoms with Crippen LogP contribution in [0.4, 0.5) is 0 Å². The smallest absolute Gasteiger partial charge is 0.173 e. The van der Waals surface area contributed by atoms with Gasteiger partial charge in [0.2, 0.25) is 0 Å². The largest absolute Gasteiger partial charge is 0.297 e. The number of rotatable bonds is 8. The third-order valence-electron chi connectivity index (χ3n) is 5.00. The predicted octanol–water partition coefficient (Wildman–Crippen LogP) is 2.61. The van der Waals surface area contributed by atoms with Crippen molar-refractivity contribution >= 4 is 0 Å². The van der Waals surface area contributed by atoms with Crippen LogP contribution >= 0.6 is 0 Å². The Morgan fingerprint density at radius 3 is 2.50 bits per heavy atom. The topological polar surface area (TPSA) is 50.1 Å². The van der Waals surface area contributed by atoms with Crippen molar-refractivity contribution in [2.24, 2.45) is 5.92 Å². The molecule has 0 bridgehead atoms. The van der Waals surface area contributed by atoms with Crippen LogP contribution in [0.1, 0.15) is 37.7 Å². The summed E-state index contributed by atoms with van der Waals surface area (Å²) < 4.78 is 1.99. The van der Waals surface area contributed by atoms with Crippen LogP contribution < -0.4 is 0 Å². The highest BCUT2D eigenvalue weighted by Gasteiger charge is 2.30. The highest BCUT2D eigenvalue weighted by molar-refractivity contribution is 5.25. The van der Waals surface area contributed by atoms with Crippen molar-refractivity contribution in [3.63, 3.8) is 0 Å². The van der Waals surface area contributed by atoms with Crippen LogP contribution in [-0.4, -0.2) is 62.7 Å². The minimum atomic E-state index is 0.101. The van der Waals surface area contributed by atoms with E-state index >= 15 is 0 Å². The standard InChI is InChI=1S/C20H30N6/c1-4-11-24-13-15-25(16-14-24)19(18-8-6-5-7-9-18)20-21-22-23-26(20)12-10-17(2)3/h4-9,17,19H,1,10-16H2,2-3H3/t19-/m0/s1. The number of hydrogen-bond donors (Lipinski definition) is 0. The molecule has 6 heteroatoms. The zero-order chi connectivity index (χ0) is 18.4. The van der Waals surface area contributed by atoms with Gasteiger partial charge in [0.1, 0.15) is 0 Å². The molecule has 1 fully saturated rings. The van der Waals surface area contributed by atoms with Crippen molar-refractivity contribution in [2.75, 3.05) is 32.7 Å². The molecule has 140 valence electrons. The molecule has 1 aliphatic rings. The molecule has 0 unspecified atom stereocenters. The normalized spacial score (nSPS) is 17.5. The second-order valence-electron chi connectivity index (χ2n) is 7.38. The van der Waals surface area contributed by atoms with E-state index in [1.165, 1.54) is 5.56 Å². The summed E-state index contributed by atoms with van der Waals surface area (Å²) in [5.74, 6) is 1.58. The zero-order valence-electron chi connectivity index (χ0n) is 16.0. The Morgan fingerprint density at radius 1 is 1.12 bits per heavy atom. The highest BCUT2D eigenvalue weighted by atomic mass is 15.6. The van der Waals surface area contributed by atoms with Crippen molar-refractivity contribution in [1.82, 2.24) is 30.0 Å². The van der Waals surface area contributed by atoms with Gasteiger partial charge in [0.05, 0.1) is 6.04 Å². The second-order valence-corrected chi connectivity index (χ2v) is 7.38. The van der Waals surface area contributed by atoms with Gasteiger partial charge in [-0.2, -0.15) is 0 Å². The van der Waals surface area contributed by atoms with Gasteiger partial charge in [-0.05, 0) is 28.3 Å². The molecule has 0 saturated carbocycles. The van der Waals surface area contributed by atoms with Gasteiger partial charge in [0.25, 0.3) is 0 Å². The summed E-state index contributed by atoms with van der Waals surface area (Å²) in [6, 6.07) is 10.7. The van der Waals surface area contributed by atoms with E-state index in [0.717, 1.165) is 51.5 Å². The first-order chi connectivity index (χ1) is 12.7. The van der Waals surface area contributed by atoms with Crippen LogP contribution in [0.3, 0.4) is 0 Å². The molecular formula is C20H30N6. The molecule has 1 saturated heterocycles. The highest BCUT2D eigenvalue weighted by Crippen LogP contribution is 2.28. The lowest BCUT2D eigenvalue weighted by Crippen LogP contribution is -2.48. The Balaban J connectivity index is 1.84. The molecule has 1 aromatic carbocycles. The first kappa shape index (κ1) is 18.7. The van der Waals surface area contributed by atoms with Crippen LogP contribution in [0.15, 0.2) is 43.0 Å². The Labute approximate surface area is 156 Å². The lowest BCUT2D eigenvalue weighted by Gasteiger charge is -2.38. The molecule has 1 aliphatic heterocycles. The van der Waals surface area contributed by atoms with Crippen LogP contribution in [0.25, 0.3) is 0 Å². The van der Waals surface area contributed by atoms with Gasteiger partial charge in [0, 0.05) is 39.3 Å². The van der Waals surface area contributed by atoms with Gasteiger partial charge >= 0.3 is 0 Å². The molecule has 2 heterocycles. The maximum atomic E-state index is 4.43. The summed E-state index contributed by atoms with van der Waals surface area (Å²) in [5.41, 5.74) is 1.25. The summed E-state index contributed by atoms with van der Waals surface area (Å²) in [6.07, 6.45) is 3.06. The van der Waals surface area contributed by atoms with E-state index in [0.29, 0.717) is 5.92 Å². The first-order valence-electron chi connectivity index (χ1n) is 9.57. The summed E-state index contributed by atoms with van der Waals surface area (Å²) >= 11 is 0. The Bertz CT molecular complexity index is 673. The minimum absolute atomic E-state index is 0.101. The van der Waals surface area contributed by atoms with E-state index in [1.807, 2.05) is 10.8 Å². The van der Waals surface area contributed by atoms with Gasteiger partial charge in [0.15, 0.2) is 5.82 Å². The van der Waals surface area contributed by atoms with E-state index in [9.17, 15) is 0 Å². The minimum Gasteiger partial charge on any atom is -0.297 e. The molecule has 3 rings (SSSR count). The van der Waals surface area contributed by atoms with E-state index in [2.05, 4.69) is 76.1 Å². The second kappa shape index (κ2) is 9.05. The SMILES string of the molecule is C=CCN1CCN([C@@H](c2ccccc2)c2nnnn2CCC(C)C)CC1. The molecule has 0 aliphatic carbocycles. The number of benzene rings is 1. The number of aryl methyl sites for hydroxylation is 1. The Hall–Kier alpha value is -2.05. The van der Waals surface area contributed by atoms with Crippen LogP contribution in [0.2, 0.25) is 0 Å². The summed E-state index contributed by atoms with van der Waals surface area (Å²) in [7, 11) is 0. The fourth-order valence-corrected chi connectivity index (χ4v) is 3.49. The van der Waals surface area contributed by atoms with Gasteiger partial charge < -0.3 is 0 Å². The number of aromatic nitrogens is 4. The quantitative estimate of drug-likeness (QED) is 0.682. The number of piperazine rings is 1. The lowest BCUT2D eigenvalue weighted by atomic mass is 10.0. The molecule has 0 N–H and O–H groups in total. The number of hydrogen-bond acceptors (Lipinski definition) is 5. The monoisotopic (exact) mass is 354 g/mol. The molecule has 0 amide bonds. The van der Waals surface area contributed by atoms with Gasteiger partial charge in [-0.25, -0.2) is 4.68 Å². The Morgan fingerprint density at radius 2 is 1.85 bits per heavy atom. The fraction of sp³-hybridized carbons (Fsp3) is 0.550. The van der Waals surface area contributed by atoms with E-state index in [-0.39, 0.29) is 6.04 Å². The van der Waals surface area contributed by atoms with Gasteiger partial charge in [-0.15, -0.1) is 11.7 Å². The first-order valence-corrected chi connectivity index (χ1v) is 9.57. The molecular weight excluding hydrogens is 324 g/mol. The molecule has 0 radical (unpaired) electrons. The summed E-state index contributed by atoms with van der Waals surface area (Å²) in [6.45, 7) is 14.2. The van der Waals surface area contributed by atoms with Crippen LogP contribution in [-0.2, 0) is 6.54 Å². The third-order valence-corrected chi connectivity index (χ3v) is 5.00. The fourth-order valence-electron chi connectivity index (χ4n) is 3.49. The molecule has 0 spiro atoms. The third kappa shape index (κ3) is 4.56. The number of tetrazole rings is 1. The van der Waals surface area contributed by atoms with E-state index in [4.69, 9.17) is 0 Å². The van der Waals surface area contributed by atoms with Crippen molar-refractivity contribution in [3.05, 3.63) is 54.4 Å². The van der Waals surface area contributed by atoms with Crippen LogP contribution in [0.5, 0.6) is 0 Å². The molecule has 2 aromatic rings. The zero-order valence-corrected chi connectivity index (χ0v) is 16.0. The van der Waals surface area contributed by atoms with Crippen molar-refractivity contribution in [2.45, 2.75) is 32.9 Å². The molecule has 1 aromatic heterocycles.